The fourth-order valence-electron chi connectivity index (χ4n) is 2.29. The summed E-state index contributed by atoms with van der Waals surface area (Å²) in [6, 6.07) is 3.81. The molecule has 18 heavy (non-hydrogen) atoms. The lowest BCUT2D eigenvalue weighted by Gasteiger charge is -2.41. The molecule has 0 N–H and O–H groups in total. The van der Waals surface area contributed by atoms with E-state index >= 15 is 0 Å². The summed E-state index contributed by atoms with van der Waals surface area (Å²) in [5, 5.41) is 0. The predicted octanol–water partition coefficient (Wildman–Crippen LogP) is 4.70. The van der Waals surface area contributed by atoms with Gasteiger partial charge in [-0.1, -0.05) is 13.3 Å². The molecule has 1 nitrogen and oxygen atoms in total. The molecule has 1 aliphatic heterocycles. The van der Waals surface area contributed by atoms with Crippen molar-refractivity contribution < 1.29 is 13.2 Å². The summed E-state index contributed by atoms with van der Waals surface area (Å²) in [4.78, 5) is 2.00. The Morgan fingerprint density at radius 2 is 2.00 bits per heavy atom. The summed E-state index contributed by atoms with van der Waals surface area (Å²) >= 11 is 3.32. The normalized spacial score (nSPS) is 16.8. The molecule has 1 aromatic carbocycles. The predicted molar refractivity (Wildman–Crippen MR) is 69.8 cm³/mol. The third-order valence-electron chi connectivity index (χ3n) is 3.27. The van der Waals surface area contributed by atoms with E-state index in [0.29, 0.717) is 11.6 Å². The SMILES string of the molecule is CCCC1CN(c2cc(C(F)(F)F)ccc2Br)C1. The van der Waals surface area contributed by atoms with Gasteiger partial charge in [0.05, 0.1) is 11.3 Å². The van der Waals surface area contributed by atoms with E-state index in [2.05, 4.69) is 22.9 Å². The zero-order valence-corrected chi connectivity index (χ0v) is 11.7. The van der Waals surface area contributed by atoms with Gasteiger partial charge in [0.25, 0.3) is 0 Å². The maximum atomic E-state index is 12.6. The molecular weight excluding hydrogens is 307 g/mol. The molecule has 0 bridgehead atoms. The van der Waals surface area contributed by atoms with Gasteiger partial charge in [-0.2, -0.15) is 13.2 Å². The van der Waals surface area contributed by atoms with Crippen molar-refractivity contribution in [3.63, 3.8) is 0 Å². The third kappa shape index (κ3) is 2.82. The Morgan fingerprint density at radius 3 is 2.56 bits per heavy atom. The van der Waals surface area contributed by atoms with Crippen LogP contribution in [0.25, 0.3) is 0 Å². The Kier molecular flexibility index (Phi) is 3.90. The number of benzene rings is 1. The van der Waals surface area contributed by atoms with Crippen LogP contribution in [0.15, 0.2) is 22.7 Å². The van der Waals surface area contributed by atoms with Gasteiger partial charge in [-0.25, -0.2) is 0 Å². The number of anilines is 1. The number of halogens is 4. The van der Waals surface area contributed by atoms with Crippen LogP contribution in [0.2, 0.25) is 0 Å². The first-order valence-corrected chi connectivity index (χ1v) is 6.82. The van der Waals surface area contributed by atoms with Gasteiger partial charge in [0.15, 0.2) is 0 Å². The molecular formula is C13H15BrF3N. The van der Waals surface area contributed by atoms with E-state index in [1.807, 2.05) is 4.90 Å². The van der Waals surface area contributed by atoms with Gasteiger partial charge in [0.1, 0.15) is 0 Å². The molecule has 0 atom stereocenters. The highest BCUT2D eigenvalue weighted by molar-refractivity contribution is 9.10. The van der Waals surface area contributed by atoms with Crippen molar-refractivity contribution in [3.05, 3.63) is 28.2 Å². The van der Waals surface area contributed by atoms with Crippen molar-refractivity contribution in [1.29, 1.82) is 0 Å². The molecule has 1 aliphatic rings. The van der Waals surface area contributed by atoms with Gasteiger partial charge in [0, 0.05) is 17.6 Å². The minimum atomic E-state index is -4.27. The summed E-state index contributed by atoms with van der Waals surface area (Å²) in [5.41, 5.74) is 0.0665. The van der Waals surface area contributed by atoms with Crippen molar-refractivity contribution in [2.45, 2.75) is 25.9 Å². The molecule has 100 valence electrons. The van der Waals surface area contributed by atoms with Crippen LogP contribution < -0.4 is 4.90 Å². The lowest BCUT2D eigenvalue weighted by Crippen LogP contribution is -2.46. The van der Waals surface area contributed by atoms with Crippen molar-refractivity contribution in [1.82, 2.24) is 0 Å². The molecule has 2 rings (SSSR count). The van der Waals surface area contributed by atoms with Crippen molar-refractivity contribution in [3.8, 4) is 0 Å². The molecule has 0 spiro atoms. The first-order valence-electron chi connectivity index (χ1n) is 6.03. The Hall–Kier alpha value is -0.710. The fraction of sp³-hybridized carbons (Fsp3) is 0.538. The van der Waals surface area contributed by atoms with Crippen molar-refractivity contribution in [2.24, 2.45) is 5.92 Å². The maximum absolute atomic E-state index is 12.6. The van der Waals surface area contributed by atoms with Crippen LogP contribution in [-0.2, 0) is 6.18 Å². The molecule has 1 fully saturated rings. The van der Waals surface area contributed by atoms with E-state index in [1.54, 1.807) is 0 Å². The zero-order valence-electron chi connectivity index (χ0n) is 10.1. The van der Waals surface area contributed by atoms with Gasteiger partial charge in [0.2, 0.25) is 0 Å². The van der Waals surface area contributed by atoms with Crippen LogP contribution in [0.5, 0.6) is 0 Å². The quantitative estimate of drug-likeness (QED) is 0.779. The molecule has 0 aromatic heterocycles. The largest absolute Gasteiger partial charge is 0.416 e. The molecule has 1 saturated heterocycles. The van der Waals surface area contributed by atoms with Gasteiger partial charge < -0.3 is 4.90 Å². The van der Waals surface area contributed by atoms with Crippen LogP contribution in [0.1, 0.15) is 25.3 Å². The maximum Gasteiger partial charge on any atom is 0.416 e. The van der Waals surface area contributed by atoms with Crippen LogP contribution in [0.4, 0.5) is 18.9 Å². The first kappa shape index (κ1) is 13.7. The lowest BCUT2D eigenvalue weighted by molar-refractivity contribution is -0.137. The second kappa shape index (κ2) is 5.11. The summed E-state index contributed by atoms with van der Waals surface area (Å²) in [6.07, 6.45) is -2.00. The van der Waals surface area contributed by atoms with E-state index in [9.17, 15) is 13.2 Å². The first-order chi connectivity index (χ1) is 8.41. The van der Waals surface area contributed by atoms with Gasteiger partial charge in [-0.05, 0) is 46.5 Å². The molecule has 5 heteroatoms. The van der Waals surface area contributed by atoms with E-state index in [-0.39, 0.29) is 0 Å². The highest BCUT2D eigenvalue weighted by Crippen LogP contribution is 2.38. The van der Waals surface area contributed by atoms with E-state index < -0.39 is 11.7 Å². The Balaban J connectivity index is 2.14. The highest BCUT2D eigenvalue weighted by Gasteiger charge is 2.33. The van der Waals surface area contributed by atoms with Crippen molar-refractivity contribution >= 4 is 21.6 Å². The number of hydrogen-bond donors (Lipinski definition) is 0. The number of nitrogens with zero attached hydrogens (tertiary/aromatic N) is 1. The van der Waals surface area contributed by atoms with Crippen LogP contribution >= 0.6 is 15.9 Å². The molecule has 1 aromatic rings. The Bertz CT molecular complexity index is 425. The van der Waals surface area contributed by atoms with E-state index in [4.69, 9.17) is 0 Å². The lowest BCUT2D eigenvalue weighted by atomic mass is 9.94. The zero-order chi connectivity index (χ0) is 13.3. The molecule has 0 radical (unpaired) electrons. The van der Waals surface area contributed by atoms with Crippen molar-refractivity contribution in [2.75, 3.05) is 18.0 Å². The molecule has 0 saturated carbocycles. The van der Waals surface area contributed by atoms with Crippen LogP contribution in [-0.4, -0.2) is 13.1 Å². The second-order valence-electron chi connectivity index (χ2n) is 4.72. The molecule has 1 heterocycles. The van der Waals surface area contributed by atoms with E-state index in [0.717, 1.165) is 36.5 Å². The van der Waals surface area contributed by atoms with Gasteiger partial charge >= 0.3 is 6.18 Å². The van der Waals surface area contributed by atoms with Crippen LogP contribution in [0, 0.1) is 5.92 Å². The third-order valence-corrected chi connectivity index (χ3v) is 3.94. The summed E-state index contributed by atoms with van der Waals surface area (Å²) in [5.74, 6) is 0.622. The summed E-state index contributed by atoms with van der Waals surface area (Å²) in [7, 11) is 0. The summed E-state index contributed by atoms with van der Waals surface area (Å²) < 4.78 is 38.7. The van der Waals surface area contributed by atoms with Gasteiger partial charge in [-0.15, -0.1) is 0 Å². The Labute approximate surface area is 113 Å². The summed E-state index contributed by atoms with van der Waals surface area (Å²) in [6.45, 7) is 3.84. The number of alkyl halides is 3. The van der Waals surface area contributed by atoms with E-state index in [1.165, 1.54) is 12.1 Å². The number of hydrogen-bond acceptors (Lipinski definition) is 1. The minimum Gasteiger partial charge on any atom is -0.370 e. The Morgan fingerprint density at radius 1 is 1.33 bits per heavy atom. The topological polar surface area (TPSA) is 3.24 Å². The van der Waals surface area contributed by atoms with Crippen LogP contribution in [0.3, 0.4) is 0 Å². The molecule has 0 unspecified atom stereocenters. The minimum absolute atomic E-state index is 0.584. The smallest absolute Gasteiger partial charge is 0.370 e. The second-order valence-corrected chi connectivity index (χ2v) is 5.58. The molecule has 0 amide bonds. The molecule has 0 aliphatic carbocycles. The standard InChI is InChI=1S/C13H15BrF3N/c1-2-3-9-7-18(8-9)12-6-10(13(15,16)17)4-5-11(12)14/h4-6,9H,2-3,7-8H2,1H3. The monoisotopic (exact) mass is 321 g/mol. The number of rotatable bonds is 3. The van der Waals surface area contributed by atoms with Gasteiger partial charge in [-0.3, -0.25) is 0 Å². The average molecular weight is 322 g/mol. The highest BCUT2D eigenvalue weighted by atomic mass is 79.9. The fourth-order valence-corrected chi connectivity index (χ4v) is 2.79. The average Bonchev–Trinajstić information content (AvgIpc) is 2.22.